The van der Waals surface area contributed by atoms with Gasteiger partial charge in [0.1, 0.15) is 0 Å². The van der Waals surface area contributed by atoms with Crippen LogP contribution in [0.5, 0.6) is 0 Å². The van der Waals surface area contributed by atoms with Gasteiger partial charge < -0.3 is 68.6 Å². The maximum absolute atomic E-state index is 9.99. The van der Waals surface area contributed by atoms with Crippen molar-refractivity contribution in [3.63, 3.8) is 0 Å². The van der Waals surface area contributed by atoms with Crippen LogP contribution < -0.4 is 0 Å². The van der Waals surface area contributed by atoms with Crippen molar-refractivity contribution < 1.29 is 78.6 Å². The predicted molar refractivity (Wildman–Crippen MR) is 178 cm³/mol. The molecular formula is C30H73O8Pt2Si2-3. The van der Waals surface area contributed by atoms with Crippen molar-refractivity contribution in [2.75, 3.05) is 0 Å². The fourth-order valence-corrected chi connectivity index (χ4v) is 4.86. The van der Waals surface area contributed by atoms with Crippen molar-refractivity contribution in [2.45, 2.75) is 169 Å². The van der Waals surface area contributed by atoms with Crippen LogP contribution in [0.2, 0.25) is 0 Å². The number of hydrogen-bond donors (Lipinski definition) is 3. The maximum atomic E-state index is 9.99. The van der Waals surface area contributed by atoms with Crippen LogP contribution in [0.4, 0.5) is 0 Å². The molecule has 3 N–H and O–H groups in total. The van der Waals surface area contributed by atoms with Gasteiger partial charge in [0.25, 0.3) is 0 Å². The Bertz CT molecular complexity index is 371. The van der Waals surface area contributed by atoms with E-state index in [1.54, 1.807) is 27.7 Å². The Kier molecular flexibility index (Phi) is 77.6. The molecule has 0 heterocycles. The van der Waals surface area contributed by atoms with Crippen molar-refractivity contribution in [3.8, 4) is 0 Å². The molecule has 0 aliphatic carbocycles. The molecule has 0 radical (unpaired) electrons. The first kappa shape index (κ1) is 66.0. The normalized spacial score (nSPS) is 10.0. The van der Waals surface area contributed by atoms with E-state index >= 15 is 0 Å². The molecular weight excluding hydrogens is 935 g/mol. The fraction of sp³-hybridized carbons (Fsp3) is 0.833. The zero-order valence-corrected chi connectivity index (χ0v) is 37.3. The first-order chi connectivity index (χ1) is 18.2. The molecule has 0 saturated heterocycles. The second-order valence-electron chi connectivity index (χ2n) is 9.79. The van der Waals surface area contributed by atoms with Crippen molar-refractivity contribution in [1.29, 1.82) is 0 Å². The van der Waals surface area contributed by atoms with E-state index < -0.39 is 18.1 Å². The first-order valence-electron chi connectivity index (χ1n) is 14.4. The molecule has 0 rings (SSSR count). The van der Waals surface area contributed by atoms with E-state index in [4.69, 9.17) is 31.7 Å². The molecule has 0 fully saturated rings. The van der Waals surface area contributed by atoms with Crippen molar-refractivity contribution in [1.82, 2.24) is 0 Å². The molecule has 0 aliphatic rings. The first-order valence-corrected chi connectivity index (χ1v) is 17.8. The summed E-state index contributed by atoms with van der Waals surface area (Å²) in [5.41, 5.74) is 0. The van der Waals surface area contributed by atoms with E-state index in [0.717, 1.165) is 0 Å². The van der Waals surface area contributed by atoms with E-state index in [1.165, 1.54) is 0 Å². The standard InChI is InChI=1S/C9H22O4Si.C6H16O4Si.5C3H7.2Pt/c1-7(2)11-14(10,12-8(3)4)13-9(5)6;1-5(2)9-11(7,8)10-6(3)4;5*1-3-2;;/h7-10H,1-6H3;5-8H,1-4H3;5*3H,1-2H3;;/q;;5*-1;;+2. The molecule has 0 bridgehead atoms. The third-order valence-corrected chi connectivity index (χ3v) is 5.80. The topological polar surface area (TPSA) is 107 Å². The SMILES string of the molecule is CC(C)O[Si](O)(O)OC(C)C.CC(C)O[Si](O)(OC(C)C)OC(C)C.C[CH-]C.C[CH-]C.C[CH-]C.C[CH-]C.C[CH-]C.[Pt+2].[Pt]. The Balaban J connectivity index is -0.0000000492. The quantitative estimate of drug-likeness (QED) is 0.149. The van der Waals surface area contributed by atoms with E-state index in [0.29, 0.717) is 0 Å². The summed E-state index contributed by atoms with van der Waals surface area (Å²) in [6, 6.07) is 0. The zero-order valence-electron chi connectivity index (χ0n) is 30.8. The van der Waals surface area contributed by atoms with Crippen LogP contribution in [0.3, 0.4) is 0 Å². The van der Waals surface area contributed by atoms with Gasteiger partial charge in [-0.25, -0.2) is 0 Å². The average molecular weight is 1010 g/mol. The molecule has 272 valence electrons. The van der Waals surface area contributed by atoms with Crippen LogP contribution in [-0.2, 0) is 64.3 Å². The summed E-state index contributed by atoms with van der Waals surface area (Å²) in [6.07, 6.45) is 9.23. The Morgan fingerprint density at radius 2 is 0.500 bits per heavy atom. The second kappa shape index (κ2) is 49.4. The van der Waals surface area contributed by atoms with Gasteiger partial charge in [-0.2, -0.15) is 69.2 Å². The molecule has 0 atom stereocenters. The van der Waals surface area contributed by atoms with Crippen molar-refractivity contribution >= 4 is 18.1 Å². The van der Waals surface area contributed by atoms with Gasteiger partial charge in [-0.3, -0.25) is 0 Å². The molecule has 0 aromatic rings. The van der Waals surface area contributed by atoms with Gasteiger partial charge in [0.2, 0.25) is 0 Å². The van der Waals surface area contributed by atoms with E-state index in [-0.39, 0.29) is 72.7 Å². The summed E-state index contributed by atoms with van der Waals surface area (Å²) in [5.74, 6) is 0. The Hall–Kier alpha value is 1.49. The molecule has 0 aromatic carbocycles. The largest absolute Gasteiger partial charge is 2.00 e. The monoisotopic (exact) mass is 1010 g/mol. The van der Waals surface area contributed by atoms with Crippen LogP contribution in [-0.4, -0.2) is 63.0 Å². The minimum atomic E-state index is -3.83. The predicted octanol–water partition coefficient (Wildman–Crippen LogP) is 8.09. The van der Waals surface area contributed by atoms with Crippen molar-refractivity contribution in [2.24, 2.45) is 0 Å². The summed E-state index contributed by atoms with van der Waals surface area (Å²) in [5, 5.41) is 0. The number of rotatable bonds is 10. The second-order valence-corrected chi connectivity index (χ2v) is 13.1. The minimum Gasteiger partial charge on any atom is -0.367 e. The van der Waals surface area contributed by atoms with E-state index in [1.807, 2.05) is 143 Å². The fourth-order valence-electron chi connectivity index (χ4n) is 1.62. The summed E-state index contributed by atoms with van der Waals surface area (Å²) < 4.78 is 25.5. The smallest absolute Gasteiger partial charge is 0.367 e. The average Bonchev–Trinajstić information content (AvgIpc) is 2.67. The van der Waals surface area contributed by atoms with Crippen LogP contribution >= 0.6 is 0 Å². The van der Waals surface area contributed by atoms with Crippen LogP contribution in [0, 0.1) is 32.1 Å². The zero-order chi connectivity index (χ0) is 34.0. The summed E-state index contributed by atoms with van der Waals surface area (Å²) in [7, 11) is -7.27. The summed E-state index contributed by atoms with van der Waals surface area (Å²) in [4.78, 5) is 28.2. The molecule has 0 aromatic heterocycles. The molecule has 12 heteroatoms. The molecule has 42 heavy (non-hydrogen) atoms. The third kappa shape index (κ3) is 96.9. The number of hydrogen-bond acceptors (Lipinski definition) is 8. The molecule has 0 spiro atoms. The Morgan fingerprint density at radius 1 is 0.381 bits per heavy atom. The summed E-state index contributed by atoms with van der Waals surface area (Å²) >= 11 is 0. The molecule has 0 amide bonds. The van der Waals surface area contributed by atoms with Crippen LogP contribution in [0.1, 0.15) is 138 Å². The van der Waals surface area contributed by atoms with Crippen LogP contribution in [0.15, 0.2) is 0 Å². The third-order valence-electron chi connectivity index (χ3n) is 1.93. The van der Waals surface area contributed by atoms with Gasteiger partial charge in [-0.1, -0.05) is 0 Å². The Labute approximate surface area is 296 Å². The van der Waals surface area contributed by atoms with Crippen molar-refractivity contribution in [3.05, 3.63) is 32.1 Å². The molecule has 0 aliphatic heterocycles. The van der Waals surface area contributed by atoms with Gasteiger partial charge in [0.15, 0.2) is 0 Å². The van der Waals surface area contributed by atoms with Gasteiger partial charge >= 0.3 is 39.2 Å². The molecule has 0 unspecified atom stereocenters. The van der Waals surface area contributed by atoms with E-state index in [2.05, 4.69) is 0 Å². The van der Waals surface area contributed by atoms with Gasteiger partial charge in [0, 0.05) is 51.6 Å². The molecule has 8 nitrogen and oxygen atoms in total. The van der Waals surface area contributed by atoms with Gasteiger partial charge in [0.05, 0.1) is 0 Å². The minimum absolute atomic E-state index is 0. The summed E-state index contributed by atoms with van der Waals surface area (Å²) in [6.45, 7) is 37.9. The Morgan fingerprint density at radius 3 is 0.595 bits per heavy atom. The van der Waals surface area contributed by atoms with Crippen LogP contribution in [0.25, 0.3) is 0 Å². The van der Waals surface area contributed by atoms with Gasteiger partial charge in [-0.05, 0) is 69.2 Å². The van der Waals surface area contributed by atoms with E-state index in [9.17, 15) is 4.80 Å². The van der Waals surface area contributed by atoms with Gasteiger partial charge in [-0.15, -0.1) is 0 Å². The molecule has 0 saturated carbocycles. The maximum Gasteiger partial charge on any atom is 2.00 e.